The Kier molecular flexibility index (Phi) is 10.8. The number of hydrogen-bond acceptors (Lipinski definition) is 4. The van der Waals surface area contributed by atoms with E-state index < -0.39 is 11.8 Å². The Morgan fingerprint density at radius 3 is 2.49 bits per heavy atom. The molecule has 0 aliphatic heterocycles. The number of nitriles is 1. The number of halogens is 1. The lowest BCUT2D eigenvalue weighted by molar-refractivity contribution is 0.0728. The van der Waals surface area contributed by atoms with E-state index in [1.165, 1.54) is 76.3 Å². The van der Waals surface area contributed by atoms with Gasteiger partial charge in [0.1, 0.15) is 12.4 Å². The first kappa shape index (κ1) is 26.5. The molecule has 35 heavy (non-hydrogen) atoms. The van der Waals surface area contributed by atoms with Crippen molar-refractivity contribution in [2.45, 2.75) is 71.1 Å². The second kappa shape index (κ2) is 14.3. The van der Waals surface area contributed by atoms with Gasteiger partial charge in [-0.3, -0.25) is 0 Å². The molecule has 1 aliphatic rings. The molecule has 0 saturated heterocycles. The van der Waals surface area contributed by atoms with Crippen LogP contribution in [0.3, 0.4) is 0 Å². The van der Waals surface area contributed by atoms with Crippen LogP contribution in [-0.4, -0.2) is 12.6 Å². The number of unbranched alkanes of at least 4 members (excludes halogenated alkanes) is 4. The van der Waals surface area contributed by atoms with Gasteiger partial charge < -0.3 is 9.47 Å². The number of esters is 1. The van der Waals surface area contributed by atoms with Crippen molar-refractivity contribution in [1.82, 2.24) is 0 Å². The van der Waals surface area contributed by atoms with Crippen LogP contribution in [0.1, 0.15) is 87.1 Å². The van der Waals surface area contributed by atoms with E-state index in [9.17, 15) is 9.18 Å². The summed E-state index contributed by atoms with van der Waals surface area (Å²) >= 11 is 0. The molecule has 186 valence electrons. The van der Waals surface area contributed by atoms with Gasteiger partial charge in [-0.15, -0.1) is 0 Å². The molecule has 3 rings (SSSR count). The maximum absolute atomic E-state index is 13.9. The number of ether oxygens (including phenoxy) is 2. The first-order chi connectivity index (χ1) is 17.1. The molecule has 0 heterocycles. The van der Waals surface area contributed by atoms with Crippen LogP contribution < -0.4 is 9.47 Å². The largest absolute Gasteiger partial charge is 0.490 e. The van der Waals surface area contributed by atoms with Crippen LogP contribution in [0.25, 0.3) is 0 Å². The van der Waals surface area contributed by atoms with Crippen molar-refractivity contribution in [2.75, 3.05) is 6.61 Å². The van der Waals surface area contributed by atoms with E-state index in [4.69, 9.17) is 14.7 Å². The van der Waals surface area contributed by atoms with E-state index in [1.54, 1.807) is 24.3 Å². The summed E-state index contributed by atoms with van der Waals surface area (Å²) in [6.07, 6.45) is 17.9. The predicted octanol–water partition coefficient (Wildman–Crippen LogP) is 8.02. The maximum Gasteiger partial charge on any atom is 0.343 e. The fourth-order valence-corrected chi connectivity index (χ4v) is 4.60. The van der Waals surface area contributed by atoms with Crippen molar-refractivity contribution in [3.05, 3.63) is 71.6 Å². The molecule has 4 nitrogen and oxygen atoms in total. The van der Waals surface area contributed by atoms with Gasteiger partial charge in [0.25, 0.3) is 0 Å². The van der Waals surface area contributed by atoms with Crippen molar-refractivity contribution in [1.29, 1.82) is 5.26 Å². The summed E-state index contributed by atoms with van der Waals surface area (Å²) in [5.74, 6) is 0.588. The molecule has 0 aromatic heterocycles. The molecule has 2 aromatic carbocycles. The monoisotopic (exact) mass is 477 g/mol. The smallest absolute Gasteiger partial charge is 0.343 e. The summed E-state index contributed by atoms with van der Waals surface area (Å²) in [4.78, 5) is 12.3. The maximum atomic E-state index is 13.9. The van der Waals surface area contributed by atoms with Gasteiger partial charge in [-0.2, -0.15) is 5.26 Å². The zero-order valence-corrected chi connectivity index (χ0v) is 20.7. The molecule has 0 unspecified atom stereocenters. The second-order valence-corrected chi connectivity index (χ2v) is 9.39. The average Bonchev–Trinajstić information content (AvgIpc) is 2.88. The molecule has 1 fully saturated rings. The SMILES string of the molecule is CCCCCCC[C@H]1CC[C@H](/C=C/COc2ccc(C(=O)Oc3ccc(C#N)cc3F)cc2)CC1. The molecule has 0 atom stereocenters. The van der Waals surface area contributed by atoms with E-state index >= 15 is 0 Å². The average molecular weight is 478 g/mol. The van der Waals surface area contributed by atoms with Crippen LogP contribution >= 0.6 is 0 Å². The number of nitrogens with zero attached hydrogens (tertiary/aromatic N) is 1. The Balaban J connectivity index is 1.35. The molecule has 1 aliphatic carbocycles. The fraction of sp³-hybridized carbons (Fsp3) is 0.467. The minimum absolute atomic E-state index is 0.165. The summed E-state index contributed by atoms with van der Waals surface area (Å²) in [5.41, 5.74) is 0.456. The van der Waals surface area contributed by atoms with Gasteiger partial charge in [0.15, 0.2) is 11.6 Å². The number of carbonyl (C=O) groups excluding carboxylic acids is 1. The molecular weight excluding hydrogens is 441 g/mol. The third-order valence-corrected chi connectivity index (χ3v) is 6.72. The van der Waals surface area contributed by atoms with Crippen molar-refractivity contribution in [3.8, 4) is 17.6 Å². The molecule has 0 amide bonds. The number of hydrogen-bond donors (Lipinski definition) is 0. The molecule has 1 saturated carbocycles. The fourth-order valence-electron chi connectivity index (χ4n) is 4.60. The van der Waals surface area contributed by atoms with Crippen LogP contribution in [-0.2, 0) is 0 Å². The first-order valence-corrected chi connectivity index (χ1v) is 12.9. The van der Waals surface area contributed by atoms with Crippen LogP contribution in [0.4, 0.5) is 4.39 Å². The molecule has 0 spiro atoms. The van der Waals surface area contributed by atoms with Gasteiger partial charge in [0, 0.05) is 0 Å². The molecule has 2 aromatic rings. The minimum Gasteiger partial charge on any atom is -0.490 e. The highest BCUT2D eigenvalue weighted by Crippen LogP contribution is 2.32. The molecule has 0 N–H and O–H groups in total. The lowest BCUT2D eigenvalue weighted by atomic mass is 9.79. The summed E-state index contributed by atoms with van der Waals surface area (Å²) in [6.45, 7) is 2.75. The summed E-state index contributed by atoms with van der Waals surface area (Å²) in [5, 5.41) is 8.80. The summed E-state index contributed by atoms with van der Waals surface area (Å²) in [7, 11) is 0. The minimum atomic E-state index is -0.750. The van der Waals surface area contributed by atoms with E-state index in [-0.39, 0.29) is 11.3 Å². The van der Waals surface area contributed by atoms with Crippen LogP contribution in [0.15, 0.2) is 54.6 Å². The summed E-state index contributed by atoms with van der Waals surface area (Å²) < 4.78 is 24.8. The highest BCUT2D eigenvalue weighted by atomic mass is 19.1. The van der Waals surface area contributed by atoms with Crippen molar-refractivity contribution in [3.63, 3.8) is 0 Å². The zero-order chi connectivity index (χ0) is 24.9. The Bertz CT molecular complexity index is 1000. The van der Waals surface area contributed by atoms with Crippen molar-refractivity contribution < 1.29 is 18.7 Å². The number of allylic oxidation sites excluding steroid dienone is 1. The lowest BCUT2D eigenvalue weighted by Gasteiger charge is -2.26. The Hall–Kier alpha value is -3.13. The normalized spacial score (nSPS) is 17.7. The Morgan fingerprint density at radius 1 is 1.06 bits per heavy atom. The van der Waals surface area contributed by atoms with Gasteiger partial charge in [0.05, 0.1) is 17.2 Å². The van der Waals surface area contributed by atoms with E-state index in [0.717, 1.165) is 12.0 Å². The first-order valence-electron chi connectivity index (χ1n) is 12.9. The zero-order valence-electron chi connectivity index (χ0n) is 20.7. The lowest BCUT2D eigenvalue weighted by Crippen LogP contribution is -2.13. The highest BCUT2D eigenvalue weighted by molar-refractivity contribution is 5.91. The molecular formula is C30H36FNO3. The Morgan fingerprint density at radius 2 is 1.80 bits per heavy atom. The molecule has 0 radical (unpaired) electrons. The predicted molar refractivity (Wildman–Crippen MR) is 136 cm³/mol. The van der Waals surface area contributed by atoms with Crippen LogP contribution in [0.2, 0.25) is 0 Å². The van der Waals surface area contributed by atoms with Crippen LogP contribution in [0.5, 0.6) is 11.5 Å². The highest BCUT2D eigenvalue weighted by Gasteiger charge is 2.19. The second-order valence-electron chi connectivity index (χ2n) is 9.39. The third kappa shape index (κ3) is 8.87. The van der Waals surface area contributed by atoms with Crippen molar-refractivity contribution >= 4 is 5.97 Å². The Labute approximate surface area is 208 Å². The van der Waals surface area contributed by atoms with Crippen molar-refractivity contribution in [2.24, 2.45) is 11.8 Å². The quantitative estimate of drug-likeness (QED) is 0.134. The summed E-state index contributed by atoms with van der Waals surface area (Å²) in [6, 6.07) is 12.1. The topological polar surface area (TPSA) is 59.3 Å². The van der Waals surface area contributed by atoms with Gasteiger partial charge in [-0.25, -0.2) is 9.18 Å². The van der Waals surface area contributed by atoms with Gasteiger partial charge >= 0.3 is 5.97 Å². The standard InChI is InChI=1S/C30H36FNO3/c1-2-3-4-5-6-8-23-10-12-24(13-11-23)9-7-20-34-27-17-15-26(16-18-27)30(33)35-29-19-14-25(22-32)21-28(29)31/h7,9,14-19,21,23-24H,2-6,8,10-13,20H2,1H3/b9-7+/t23-,24-. The van der Waals surface area contributed by atoms with E-state index in [1.807, 2.05) is 6.07 Å². The third-order valence-electron chi connectivity index (χ3n) is 6.72. The van der Waals surface area contributed by atoms with Gasteiger partial charge in [-0.05, 0) is 80.0 Å². The number of benzene rings is 2. The molecule has 0 bridgehead atoms. The van der Waals surface area contributed by atoms with E-state index in [0.29, 0.717) is 23.8 Å². The van der Waals surface area contributed by atoms with E-state index in [2.05, 4.69) is 19.1 Å². The number of carbonyl (C=O) groups is 1. The van der Waals surface area contributed by atoms with Gasteiger partial charge in [-0.1, -0.05) is 57.6 Å². The molecule has 5 heteroatoms. The van der Waals surface area contributed by atoms with Crippen LogP contribution in [0, 0.1) is 29.0 Å². The van der Waals surface area contributed by atoms with Gasteiger partial charge in [0.2, 0.25) is 0 Å². The number of rotatable bonds is 12.